The summed E-state index contributed by atoms with van der Waals surface area (Å²) in [5, 5.41) is 9.36. The lowest BCUT2D eigenvalue weighted by Gasteiger charge is -2.42. The first-order valence-corrected chi connectivity index (χ1v) is 8.08. The Morgan fingerprint density at radius 3 is 2.44 bits per heavy atom. The van der Waals surface area contributed by atoms with Crippen molar-refractivity contribution >= 4 is 12.1 Å². The van der Waals surface area contributed by atoms with Gasteiger partial charge in [0.05, 0.1) is 6.61 Å². The molecular formula is C17H19F2NO5. The van der Waals surface area contributed by atoms with Gasteiger partial charge in [0.1, 0.15) is 12.3 Å². The van der Waals surface area contributed by atoms with E-state index in [0.29, 0.717) is 0 Å². The highest BCUT2D eigenvalue weighted by Gasteiger charge is 2.57. The molecular weight excluding hydrogens is 336 g/mol. The van der Waals surface area contributed by atoms with Crippen molar-refractivity contribution in [3.63, 3.8) is 0 Å². The molecule has 8 heteroatoms. The molecule has 1 atom stereocenters. The maximum atomic E-state index is 13.5. The Morgan fingerprint density at radius 2 is 1.84 bits per heavy atom. The van der Waals surface area contributed by atoms with Crippen LogP contribution in [0.2, 0.25) is 0 Å². The van der Waals surface area contributed by atoms with Crippen LogP contribution >= 0.6 is 0 Å². The number of amides is 1. The fourth-order valence-electron chi connectivity index (χ4n) is 3.32. The van der Waals surface area contributed by atoms with E-state index >= 15 is 0 Å². The molecule has 1 unspecified atom stereocenters. The SMILES string of the molecule is O=C(O)C1COC2(CCC(F)(F)CC2)N1C(=O)OCc1ccccc1. The van der Waals surface area contributed by atoms with E-state index < -0.39 is 42.6 Å². The second-order valence-electron chi connectivity index (χ2n) is 6.38. The van der Waals surface area contributed by atoms with Crippen LogP contribution in [0.3, 0.4) is 0 Å². The number of rotatable bonds is 3. The van der Waals surface area contributed by atoms with E-state index in [-0.39, 0.29) is 26.1 Å². The topological polar surface area (TPSA) is 76.1 Å². The highest BCUT2D eigenvalue weighted by molar-refractivity contribution is 5.81. The summed E-state index contributed by atoms with van der Waals surface area (Å²) in [6.45, 7) is -0.268. The van der Waals surface area contributed by atoms with Gasteiger partial charge in [0, 0.05) is 25.7 Å². The highest BCUT2D eigenvalue weighted by atomic mass is 19.3. The van der Waals surface area contributed by atoms with Crippen LogP contribution in [0.1, 0.15) is 31.2 Å². The maximum absolute atomic E-state index is 13.5. The monoisotopic (exact) mass is 355 g/mol. The molecule has 0 aromatic heterocycles. The maximum Gasteiger partial charge on any atom is 0.413 e. The third-order valence-corrected chi connectivity index (χ3v) is 4.71. The number of benzene rings is 1. The van der Waals surface area contributed by atoms with E-state index in [1.807, 2.05) is 6.07 Å². The largest absolute Gasteiger partial charge is 0.480 e. The molecule has 1 aromatic carbocycles. The van der Waals surface area contributed by atoms with Gasteiger partial charge in [-0.2, -0.15) is 0 Å². The van der Waals surface area contributed by atoms with Gasteiger partial charge in [-0.3, -0.25) is 4.90 Å². The van der Waals surface area contributed by atoms with Crippen molar-refractivity contribution in [1.82, 2.24) is 4.90 Å². The summed E-state index contributed by atoms with van der Waals surface area (Å²) in [5.41, 5.74) is -0.592. The molecule has 1 aromatic rings. The quantitative estimate of drug-likeness (QED) is 0.902. The first kappa shape index (κ1) is 17.6. The average Bonchev–Trinajstić information content (AvgIpc) is 2.96. The Labute approximate surface area is 143 Å². The summed E-state index contributed by atoms with van der Waals surface area (Å²) in [7, 11) is 0. The predicted octanol–water partition coefficient (Wildman–Crippen LogP) is 3.01. The molecule has 136 valence electrons. The van der Waals surface area contributed by atoms with Crippen molar-refractivity contribution in [3.05, 3.63) is 35.9 Å². The van der Waals surface area contributed by atoms with Crippen LogP contribution in [0.4, 0.5) is 13.6 Å². The van der Waals surface area contributed by atoms with Crippen LogP contribution in [-0.4, -0.2) is 46.4 Å². The minimum absolute atomic E-state index is 0.0330. The third-order valence-electron chi connectivity index (χ3n) is 4.71. The van der Waals surface area contributed by atoms with Gasteiger partial charge in [-0.15, -0.1) is 0 Å². The van der Waals surface area contributed by atoms with Gasteiger partial charge in [-0.05, 0) is 5.56 Å². The number of halogens is 2. The molecule has 0 bridgehead atoms. The molecule has 1 N–H and O–H groups in total. The molecule has 0 radical (unpaired) electrons. The van der Waals surface area contributed by atoms with Gasteiger partial charge in [0.25, 0.3) is 0 Å². The fraction of sp³-hybridized carbons (Fsp3) is 0.529. The van der Waals surface area contributed by atoms with Crippen LogP contribution in [0.5, 0.6) is 0 Å². The molecule has 1 aliphatic carbocycles. The van der Waals surface area contributed by atoms with Gasteiger partial charge in [-0.1, -0.05) is 30.3 Å². The second kappa shape index (κ2) is 6.59. The minimum Gasteiger partial charge on any atom is -0.480 e. The summed E-state index contributed by atoms with van der Waals surface area (Å²) in [4.78, 5) is 25.0. The average molecular weight is 355 g/mol. The summed E-state index contributed by atoms with van der Waals surface area (Å²) >= 11 is 0. The molecule has 1 saturated carbocycles. The molecule has 3 rings (SSSR count). The highest BCUT2D eigenvalue weighted by Crippen LogP contribution is 2.46. The van der Waals surface area contributed by atoms with E-state index in [9.17, 15) is 23.5 Å². The summed E-state index contributed by atoms with van der Waals surface area (Å²) in [6, 6.07) is 7.67. The molecule has 25 heavy (non-hydrogen) atoms. The van der Waals surface area contributed by atoms with Crippen LogP contribution in [0.25, 0.3) is 0 Å². The normalized spacial score (nSPS) is 24.2. The van der Waals surface area contributed by atoms with Crippen molar-refractivity contribution in [1.29, 1.82) is 0 Å². The zero-order valence-corrected chi connectivity index (χ0v) is 13.5. The van der Waals surface area contributed by atoms with E-state index in [2.05, 4.69) is 0 Å². The van der Waals surface area contributed by atoms with Crippen molar-refractivity contribution in [2.24, 2.45) is 0 Å². The van der Waals surface area contributed by atoms with Gasteiger partial charge in [-0.25, -0.2) is 18.4 Å². The lowest BCUT2D eigenvalue weighted by atomic mass is 9.88. The van der Waals surface area contributed by atoms with Crippen LogP contribution < -0.4 is 0 Å². The zero-order chi connectivity index (χ0) is 18.1. The Morgan fingerprint density at radius 1 is 1.20 bits per heavy atom. The van der Waals surface area contributed by atoms with Crippen LogP contribution in [-0.2, 0) is 20.9 Å². The molecule has 1 saturated heterocycles. The first-order chi connectivity index (χ1) is 11.8. The minimum atomic E-state index is -2.82. The Balaban J connectivity index is 1.76. The number of ether oxygens (including phenoxy) is 2. The van der Waals surface area contributed by atoms with Crippen molar-refractivity contribution in [2.75, 3.05) is 6.61 Å². The van der Waals surface area contributed by atoms with Crippen molar-refractivity contribution < 1.29 is 33.0 Å². The van der Waals surface area contributed by atoms with E-state index in [4.69, 9.17) is 9.47 Å². The van der Waals surface area contributed by atoms with Gasteiger partial charge < -0.3 is 14.6 Å². The predicted molar refractivity (Wildman–Crippen MR) is 82.0 cm³/mol. The molecule has 1 amide bonds. The molecule has 2 aliphatic rings. The number of aliphatic carboxylic acids is 1. The van der Waals surface area contributed by atoms with Crippen LogP contribution in [0.15, 0.2) is 30.3 Å². The lowest BCUT2D eigenvalue weighted by Crippen LogP contribution is -2.56. The van der Waals surface area contributed by atoms with E-state index in [1.165, 1.54) is 0 Å². The summed E-state index contributed by atoms with van der Waals surface area (Å²) < 4.78 is 37.7. The number of hydrogen-bond acceptors (Lipinski definition) is 4. The van der Waals surface area contributed by atoms with Gasteiger partial charge in [0.15, 0.2) is 6.04 Å². The number of hydrogen-bond donors (Lipinski definition) is 1. The summed E-state index contributed by atoms with van der Waals surface area (Å²) in [5.74, 6) is -4.07. The molecule has 2 fully saturated rings. The van der Waals surface area contributed by atoms with Crippen molar-refractivity contribution in [2.45, 2.75) is 50.0 Å². The number of carboxylic acid groups (broad SMARTS) is 1. The molecule has 1 heterocycles. The van der Waals surface area contributed by atoms with Crippen LogP contribution in [0, 0.1) is 0 Å². The Kier molecular flexibility index (Phi) is 4.64. The zero-order valence-electron chi connectivity index (χ0n) is 13.5. The Hall–Kier alpha value is -2.22. The smallest absolute Gasteiger partial charge is 0.413 e. The van der Waals surface area contributed by atoms with E-state index in [1.54, 1.807) is 24.3 Å². The second-order valence-corrected chi connectivity index (χ2v) is 6.38. The van der Waals surface area contributed by atoms with Crippen molar-refractivity contribution in [3.8, 4) is 0 Å². The number of carbonyl (C=O) groups is 2. The summed E-state index contributed by atoms with van der Waals surface area (Å²) in [6.07, 6.45) is -2.02. The van der Waals surface area contributed by atoms with Gasteiger partial charge >= 0.3 is 12.1 Å². The first-order valence-electron chi connectivity index (χ1n) is 8.08. The number of carboxylic acids is 1. The number of alkyl halides is 2. The van der Waals surface area contributed by atoms with E-state index in [0.717, 1.165) is 10.5 Å². The number of nitrogens with zero attached hydrogens (tertiary/aromatic N) is 1. The molecule has 6 nitrogen and oxygen atoms in total. The standard InChI is InChI=1S/C17H19F2NO5/c18-16(19)6-8-17(9-7-16)20(13(11-25-17)14(21)22)15(23)24-10-12-4-2-1-3-5-12/h1-5,13H,6-11H2,(H,21,22). The third kappa shape index (κ3) is 3.58. The number of carbonyl (C=O) groups excluding carboxylic acids is 1. The lowest BCUT2D eigenvalue weighted by molar-refractivity contribution is -0.158. The van der Waals surface area contributed by atoms with Gasteiger partial charge in [0.2, 0.25) is 5.92 Å². The molecule has 1 spiro atoms. The Bertz CT molecular complexity index is 642. The fourth-order valence-corrected chi connectivity index (χ4v) is 3.32. The molecule has 1 aliphatic heterocycles.